The topological polar surface area (TPSA) is 90.6 Å². The van der Waals surface area contributed by atoms with E-state index in [1.807, 2.05) is 18.2 Å². The molecule has 0 saturated carbocycles. The van der Waals surface area contributed by atoms with Crippen LogP contribution in [0.1, 0.15) is 27.3 Å². The summed E-state index contributed by atoms with van der Waals surface area (Å²) in [6.45, 7) is 4.52. The summed E-state index contributed by atoms with van der Waals surface area (Å²) < 4.78 is 12.3. The summed E-state index contributed by atoms with van der Waals surface area (Å²) in [5.74, 6) is 1.51. The molecule has 1 aliphatic heterocycles. The number of rotatable bonds is 4. The second-order valence-electron chi connectivity index (χ2n) is 7.15. The van der Waals surface area contributed by atoms with Gasteiger partial charge in [0, 0.05) is 11.1 Å². The van der Waals surface area contributed by atoms with Gasteiger partial charge in [0.2, 0.25) is 6.79 Å². The first kappa shape index (κ1) is 18.1. The quantitative estimate of drug-likeness (QED) is 0.565. The maximum Gasteiger partial charge on any atom is 0.251 e. The van der Waals surface area contributed by atoms with Crippen molar-refractivity contribution in [1.82, 2.24) is 25.1 Å². The number of fused-ring (bicyclic) bond motifs is 2. The summed E-state index contributed by atoms with van der Waals surface area (Å²) in [4.78, 5) is 12.5. The highest BCUT2D eigenvalue weighted by Crippen LogP contribution is 2.32. The summed E-state index contributed by atoms with van der Waals surface area (Å²) in [7, 11) is 0. The van der Waals surface area contributed by atoms with Crippen molar-refractivity contribution >= 4 is 11.6 Å². The Balaban J connectivity index is 1.38. The van der Waals surface area contributed by atoms with E-state index in [9.17, 15) is 4.79 Å². The number of hydrogen-bond donors (Lipinski definition) is 1. The van der Waals surface area contributed by atoms with Crippen LogP contribution in [0.3, 0.4) is 0 Å². The van der Waals surface area contributed by atoms with E-state index in [2.05, 4.69) is 46.6 Å². The van der Waals surface area contributed by atoms with E-state index >= 15 is 0 Å². The molecule has 0 unspecified atom stereocenters. The number of aromatic nitrogens is 4. The van der Waals surface area contributed by atoms with E-state index in [1.165, 1.54) is 11.1 Å². The van der Waals surface area contributed by atoms with Crippen LogP contribution in [0.2, 0.25) is 0 Å². The molecule has 1 amide bonds. The van der Waals surface area contributed by atoms with Crippen LogP contribution in [-0.4, -0.2) is 32.5 Å². The van der Waals surface area contributed by atoms with Gasteiger partial charge in [-0.15, -0.1) is 10.2 Å². The average Bonchev–Trinajstić information content (AvgIpc) is 3.39. The molecule has 0 bridgehead atoms. The van der Waals surface area contributed by atoms with Crippen LogP contribution >= 0.6 is 0 Å². The summed E-state index contributed by atoms with van der Waals surface area (Å²) in [5, 5.41) is 15.9. The minimum absolute atomic E-state index is 0.167. The van der Waals surface area contributed by atoms with Gasteiger partial charge in [0.15, 0.2) is 23.0 Å². The Morgan fingerprint density at radius 1 is 1.00 bits per heavy atom. The number of hydrogen-bond acceptors (Lipinski definition) is 6. The standard InChI is InChI=1S/C22H19N5O3/c1-13-3-4-15(9-14(13)2)17-6-8-20-24-25-21(27(20)26-17)11-23-22(28)16-5-7-18-19(10-16)30-12-29-18/h3-10H,11-12H2,1-2H3,(H,23,28). The van der Waals surface area contributed by atoms with Gasteiger partial charge >= 0.3 is 0 Å². The molecule has 0 spiro atoms. The Labute approximate surface area is 172 Å². The van der Waals surface area contributed by atoms with E-state index in [0.29, 0.717) is 28.5 Å². The Morgan fingerprint density at radius 2 is 1.87 bits per heavy atom. The molecule has 0 aliphatic carbocycles. The zero-order valence-corrected chi connectivity index (χ0v) is 16.5. The number of benzene rings is 2. The minimum atomic E-state index is -0.240. The van der Waals surface area contributed by atoms with Crippen molar-refractivity contribution in [3.8, 4) is 22.8 Å². The highest BCUT2D eigenvalue weighted by atomic mass is 16.7. The smallest absolute Gasteiger partial charge is 0.251 e. The maximum absolute atomic E-state index is 12.5. The number of carbonyl (C=O) groups excluding carboxylic acids is 1. The molecule has 8 heteroatoms. The van der Waals surface area contributed by atoms with Crippen molar-refractivity contribution in [2.45, 2.75) is 20.4 Å². The first-order valence-corrected chi connectivity index (χ1v) is 9.55. The zero-order valence-electron chi connectivity index (χ0n) is 16.5. The highest BCUT2D eigenvalue weighted by Gasteiger charge is 2.17. The molecule has 1 N–H and O–H groups in total. The van der Waals surface area contributed by atoms with Crippen LogP contribution in [0.5, 0.6) is 11.5 Å². The summed E-state index contributed by atoms with van der Waals surface area (Å²) >= 11 is 0. The lowest BCUT2D eigenvalue weighted by Gasteiger charge is -2.07. The van der Waals surface area contributed by atoms with Crippen LogP contribution in [0, 0.1) is 13.8 Å². The Morgan fingerprint density at radius 3 is 2.73 bits per heavy atom. The fourth-order valence-corrected chi connectivity index (χ4v) is 3.30. The van der Waals surface area contributed by atoms with Crippen molar-refractivity contribution in [2.75, 3.05) is 6.79 Å². The number of nitrogens with one attached hydrogen (secondary N) is 1. The van der Waals surface area contributed by atoms with Crippen molar-refractivity contribution in [3.63, 3.8) is 0 Å². The van der Waals surface area contributed by atoms with Gasteiger partial charge in [-0.1, -0.05) is 12.1 Å². The minimum Gasteiger partial charge on any atom is -0.454 e. The second kappa shape index (κ2) is 7.14. The molecule has 2 aromatic carbocycles. The highest BCUT2D eigenvalue weighted by molar-refractivity contribution is 5.94. The molecule has 3 heterocycles. The molecular formula is C22H19N5O3. The van der Waals surface area contributed by atoms with Gasteiger partial charge in [-0.05, 0) is 61.4 Å². The SMILES string of the molecule is Cc1ccc(-c2ccc3nnc(CNC(=O)c4ccc5c(c4)OCO5)n3n2)cc1C. The first-order chi connectivity index (χ1) is 14.6. The lowest BCUT2D eigenvalue weighted by Crippen LogP contribution is -2.24. The third kappa shape index (κ3) is 3.22. The van der Waals surface area contributed by atoms with Crippen LogP contribution in [0.25, 0.3) is 16.9 Å². The molecule has 2 aromatic heterocycles. The van der Waals surface area contributed by atoms with E-state index < -0.39 is 0 Å². The monoisotopic (exact) mass is 401 g/mol. The normalized spacial score (nSPS) is 12.3. The van der Waals surface area contributed by atoms with Gasteiger partial charge in [-0.3, -0.25) is 4.79 Å². The number of carbonyl (C=O) groups is 1. The molecule has 30 heavy (non-hydrogen) atoms. The molecular weight excluding hydrogens is 382 g/mol. The summed E-state index contributed by atoms with van der Waals surface area (Å²) in [6.07, 6.45) is 0. The first-order valence-electron chi connectivity index (χ1n) is 9.55. The summed E-state index contributed by atoms with van der Waals surface area (Å²) in [5.41, 5.74) is 5.37. The zero-order chi connectivity index (χ0) is 20.7. The van der Waals surface area contributed by atoms with Crippen molar-refractivity contribution in [3.05, 3.63) is 71.0 Å². The van der Waals surface area contributed by atoms with E-state index in [0.717, 1.165) is 11.3 Å². The molecule has 0 radical (unpaired) electrons. The van der Waals surface area contributed by atoms with E-state index in [1.54, 1.807) is 22.7 Å². The maximum atomic E-state index is 12.5. The van der Waals surface area contributed by atoms with E-state index in [-0.39, 0.29) is 19.2 Å². The van der Waals surface area contributed by atoms with Gasteiger partial charge < -0.3 is 14.8 Å². The van der Waals surface area contributed by atoms with Crippen molar-refractivity contribution in [1.29, 1.82) is 0 Å². The molecule has 0 fully saturated rings. The molecule has 150 valence electrons. The number of ether oxygens (including phenoxy) is 2. The fourth-order valence-electron chi connectivity index (χ4n) is 3.30. The van der Waals surface area contributed by atoms with Crippen LogP contribution < -0.4 is 14.8 Å². The summed E-state index contributed by atoms with van der Waals surface area (Å²) in [6, 6.07) is 15.1. The number of aryl methyl sites for hydroxylation is 2. The molecule has 1 aliphatic rings. The van der Waals surface area contributed by atoms with Gasteiger partial charge in [0.25, 0.3) is 5.91 Å². The lowest BCUT2D eigenvalue weighted by atomic mass is 10.0. The predicted octanol–water partition coefficient (Wildman–Crippen LogP) is 3.07. The Hall–Kier alpha value is -3.94. The second-order valence-corrected chi connectivity index (χ2v) is 7.15. The molecule has 8 nitrogen and oxygen atoms in total. The number of nitrogens with zero attached hydrogens (tertiary/aromatic N) is 4. The molecule has 0 atom stereocenters. The third-order valence-electron chi connectivity index (χ3n) is 5.17. The van der Waals surface area contributed by atoms with Crippen LogP contribution in [-0.2, 0) is 6.54 Å². The predicted molar refractivity (Wildman–Crippen MR) is 109 cm³/mol. The third-order valence-corrected chi connectivity index (χ3v) is 5.17. The largest absolute Gasteiger partial charge is 0.454 e. The van der Waals surface area contributed by atoms with Crippen LogP contribution in [0.15, 0.2) is 48.5 Å². The molecule has 4 aromatic rings. The van der Waals surface area contributed by atoms with E-state index in [4.69, 9.17) is 9.47 Å². The van der Waals surface area contributed by atoms with Crippen molar-refractivity contribution in [2.24, 2.45) is 0 Å². The van der Waals surface area contributed by atoms with Crippen molar-refractivity contribution < 1.29 is 14.3 Å². The average molecular weight is 401 g/mol. The van der Waals surface area contributed by atoms with Gasteiger partial charge in [-0.25, -0.2) is 0 Å². The Bertz CT molecular complexity index is 1280. The van der Waals surface area contributed by atoms with Crippen LogP contribution in [0.4, 0.5) is 0 Å². The van der Waals surface area contributed by atoms with Gasteiger partial charge in [0.1, 0.15) is 0 Å². The molecule has 0 saturated heterocycles. The van der Waals surface area contributed by atoms with Gasteiger partial charge in [-0.2, -0.15) is 9.61 Å². The lowest BCUT2D eigenvalue weighted by molar-refractivity contribution is 0.0949. The Kier molecular flexibility index (Phi) is 4.31. The fraction of sp³-hybridized carbons (Fsp3) is 0.182. The molecule has 5 rings (SSSR count). The number of amides is 1. The van der Waals surface area contributed by atoms with Gasteiger partial charge in [0.05, 0.1) is 12.2 Å².